The molecule has 2 rings (SSSR count). The molecular formula is C13H15N3O3. The van der Waals surface area contributed by atoms with Crippen LogP contribution in [-0.4, -0.2) is 16.5 Å². The first-order valence-electron chi connectivity index (χ1n) is 6.19. The van der Waals surface area contributed by atoms with Gasteiger partial charge in [-0.05, 0) is 38.7 Å². The molecule has 1 saturated carbocycles. The summed E-state index contributed by atoms with van der Waals surface area (Å²) in [7, 11) is 0. The highest BCUT2D eigenvalue weighted by Gasteiger charge is 2.18. The molecule has 6 nitrogen and oxygen atoms in total. The Hall–Kier alpha value is -2.24. The van der Waals surface area contributed by atoms with E-state index in [1.54, 1.807) is 13.0 Å². The fourth-order valence-corrected chi connectivity index (χ4v) is 2.15. The van der Waals surface area contributed by atoms with Crippen LogP contribution in [0.1, 0.15) is 41.6 Å². The summed E-state index contributed by atoms with van der Waals surface area (Å²) < 4.78 is 0. The standard InChI is InChI=1S/C13H15N3O3/c1-9-11(7-4-8-12(9)16(18)19)13(17)15-14-10-5-2-3-6-10/h4,7-8H,2-3,5-6H2,1H3,(H,15,17). The lowest BCUT2D eigenvalue weighted by Crippen LogP contribution is -2.20. The lowest BCUT2D eigenvalue weighted by atomic mass is 10.1. The zero-order valence-corrected chi connectivity index (χ0v) is 10.7. The first-order valence-corrected chi connectivity index (χ1v) is 6.19. The Morgan fingerprint density at radius 1 is 1.37 bits per heavy atom. The second-order valence-corrected chi connectivity index (χ2v) is 4.53. The second-order valence-electron chi connectivity index (χ2n) is 4.53. The molecule has 1 aromatic rings. The van der Waals surface area contributed by atoms with Crippen molar-refractivity contribution in [3.8, 4) is 0 Å². The van der Waals surface area contributed by atoms with E-state index in [1.165, 1.54) is 12.1 Å². The lowest BCUT2D eigenvalue weighted by molar-refractivity contribution is -0.385. The molecule has 19 heavy (non-hydrogen) atoms. The highest BCUT2D eigenvalue weighted by molar-refractivity contribution is 5.97. The molecule has 1 aliphatic rings. The first-order chi connectivity index (χ1) is 9.09. The van der Waals surface area contributed by atoms with Crippen LogP contribution in [0, 0.1) is 17.0 Å². The number of benzene rings is 1. The normalized spacial score (nSPS) is 14.3. The van der Waals surface area contributed by atoms with Crippen molar-refractivity contribution >= 4 is 17.3 Å². The molecule has 1 aromatic carbocycles. The van der Waals surface area contributed by atoms with E-state index < -0.39 is 10.8 Å². The Morgan fingerprint density at radius 2 is 2.05 bits per heavy atom. The third kappa shape index (κ3) is 2.96. The Morgan fingerprint density at radius 3 is 2.68 bits per heavy atom. The molecule has 0 saturated heterocycles. The van der Waals surface area contributed by atoms with Crippen LogP contribution in [-0.2, 0) is 0 Å². The number of carbonyl (C=O) groups is 1. The summed E-state index contributed by atoms with van der Waals surface area (Å²) in [6.07, 6.45) is 4.03. The lowest BCUT2D eigenvalue weighted by Gasteiger charge is -2.05. The van der Waals surface area contributed by atoms with Crippen molar-refractivity contribution in [1.82, 2.24) is 5.43 Å². The number of hydrogen-bond acceptors (Lipinski definition) is 4. The van der Waals surface area contributed by atoms with E-state index in [2.05, 4.69) is 10.5 Å². The number of hydrazone groups is 1. The highest BCUT2D eigenvalue weighted by Crippen LogP contribution is 2.21. The predicted molar refractivity (Wildman–Crippen MR) is 71.2 cm³/mol. The van der Waals surface area contributed by atoms with Crippen molar-refractivity contribution in [3.05, 3.63) is 39.4 Å². The number of carbonyl (C=O) groups excluding carboxylic acids is 1. The maximum absolute atomic E-state index is 12.0. The van der Waals surface area contributed by atoms with Gasteiger partial charge < -0.3 is 0 Å². The maximum Gasteiger partial charge on any atom is 0.273 e. The fraction of sp³-hybridized carbons (Fsp3) is 0.385. The summed E-state index contributed by atoms with van der Waals surface area (Å²) in [4.78, 5) is 22.3. The van der Waals surface area contributed by atoms with E-state index in [4.69, 9.17) is 0 Å². The van der Waals surface area contributed by atoms with Gasteiger partial charge in [-0.15, -0.1) is 0 Å². The second kappa shape index (κ2) is 5.60. The highest BCUT2D eigenvalue weighted by atomic mass is 16.6. The van der Waals surface area contributed by atoms with Crippen molar-refractivity contribution in [2.75, 3.05) is 0 Å². The van der Waals surface area contributed by atoms with Gasteiger partial charge in [0.1, 0.15) is 0 Å². The van der Waals surface area contributed by atoms with Gasteiger partial charge >= 0.3 is 0 Å². The van der Waals surface area contributed by atoms with Crippen LogP contribution >= 0.6 is 0 Å². The average molecular weight is 261 g/mol. The van der Waals surface area contributed by atoms with Crippen LogP contribution in [0.3, 0.4) is 0 Å². The van der Waals surface area contributed by atoms with Gasteiger partial charge in [0, 0.05) is 17.3 Å². The first kappa shape index (κ1) is 13.2. The molecule has 0 aliphatic heterocycles. The number of nitro groups is 1. The van der Waals surface area contributed by atoms with Crippen molar-refractivity contribution in [2.24, 2.45) is 5.10 Å². The average Bonchev–Trinajstić information content (AvgIpc) is 2.89. The number of nitrogens with zero attached hydrogens (tertiary/aromatic N) is 2. The number of rotatable bonds is 3. The quantitative estimate of drug-likeness (QED) is 0.670. The van der Waals surface area contributed by atoms with Gasteiger partial charge in [-0.3, -0.25) is 14.9 Å². The molecule has 1 aliphatic carbocycles. The fourth-order valence-electron chi connectivity index (χ4n) is 2.15. The molecule has 0 aromatic heterocycles. The molecule has 0 unspecified atom stereocenters. The van der Waals surface area contributed by atoms with Crippen LogP contribution in [0.15, 0.2) is 23.3 Å². The Bertz CT molecular complexity index is 544. The zero-order valence-electron chi connectivity index (χ0n) is 10.7. The van der Waals surface area contributed by atoms with Crippen molar-refractivity contribution in [2.45, 2.75) is 32.6 Å². The SMILES string of the molecule is Cc1c(C(=O)NN=C2CCCC2)cccc1[N+](=O)[O-]. The molecule has 100 valence electrons. The third-order valence-electron chi connectivity index (χ3n) is 3.24. The van der Waals surface area contributed by atoms with Crippen LogP contribution in [0.5, 0.6) is 0 Å². The van der Waals surface area contributed by atoms with Crippen LogP contribution in [0.25, 0.3) is 0 Å². The summed E-state index contributed by atoms with van der Waals surface area (Å²) in [6, 6.07) is 4.45. The summed E-state index contributed by atoms with van der Waals surface area (Å²) in [5.74, 6) is -0.402. The topological polar surface area (TPSA) is 84.6 Å². The van der Waals surface area contributed by atoms with Crippen LogP contribution < -0.4 is 5.43 Å². The van der Waals surface area contributed by atoms with Gasteiger partial charge in [0.25, 0.3) is 11.6 Å². The van der Waals surface area contributed by atoms with Gasteiger partial charge in [-0.1, -0.05) is 6.07 Å². The van der Waals surface area contributed by atoms with E-state index >= 15 is 0 Å². The molecular weight excluding hydrogens is 246 g/mol. The van der Waals surface area contributed by atoms with E-state index in [0.29, 0.717) is 5.56 Å². The van der Waals surface area contributed by atoms with E-state index in [-0.39, 0.29) is 11.3 Å². The summed E-state index contributed by atoms with van der Waals surface area (Å²) in [5, 5.41) is 14.9. The summed E-state index contributed by atoms with van der Waals surface area (Å²) in [6.45, 7) is 1.57. The molecule has 1 amide bonds. The smallest absolute Gasteiger partial charge is 0.267 e. The van der Waals surface area contributed by atoms with Crippen LogP contribution in [0.2, 0.25) is 0 Å². The Labute approximate surface area is 110 Å². The molecule has 1 fully saturated rings. The number of hydrogen-bond donors (Lipinski definition) is 1. The summed E-state index contributed by atoms with van der Waals surface area (Å²) in [5.41, 5.74) is 4.05. The van der Waals surface area contributed by atoms with Gasteiger partial charge in [0.05, 0.1) is 10.5 Å². The Kier molecular flexibility index (Phi) is 3.89. The molecule has 0 radical (unpaired) electrons. The van der Waals surface area contributed by atoms with Gasteiger partial charge in [0.15, 0.2) is 0 Å². The van der Waals surface area contributed by atoms with E-state index in [0.717, 1.165) is 31.4 Å². The minimum atomic E-state index is -0.491. The third-order valence-corrected chi connectivity index (χ3v) is 3.24. The molecule has 1 N–H and O–H groups in total. The zero-order chi connectivity index (χ0) is 13.8. The number of amides is 1. The summed E-state index contributed by atoms with van der Waals surface area (Å²) >= 11 is 0. The van der Waals surface area contributed by atoms with E-state index in [1.807, 2.05) is 0 Å². The van der Waals surface area contributed by atoms with Crippen molar-refractivity contribution in [1.29, 1.82) is 0 Å². The molecule has 0 heterocycles. The van der Waals surface area contributed by atoms with Gasteiger partial charge in [-0.2, -0.15) is 5.10 Å². The number of nitro benzene ring substituents is 1. The monoisotopic (exact) mass is 261 g/mol. The van der Waals surface area contributed by atoms with Crippen LogP contribution in [0.4, 0.5) is 5.69 Å². The molecule has 0 atom stereocenters. The predicted octanol–water partition coefficient (Wildman–Crippen LogP) is 2.56. The largest absolute Gasteiger partial charge is 0.273 e. The molecule has 0 spiro atoms. The van der Waals surface area contributed by atoms with Gasteiger partial charge in [0.2, 0.25) is 0 Å². The van der Waals surface area contributed by atoms with Crippen molar-refractivity contribution in [3.63, 3.8) is 0 Å². The Balaban J connectivity index is 2.17. The number of nitrogens with one attached hydrogen (secondary N) is 1. The van der Waals surface area contributed by atoms with Crippen molar-refractivity contribution < 1.29 is 9.72 Å². The van der Waals surface area contributed by atoms with E-state index in [9.17, 15) is 14.9 Å². The minimum Gasteiger partial charge on any atom is -0.267 e. The van der Waals surface area contributed by atoms with Gasteiger partial charge in [-0.25, -0.2) is 5.43 Å². The minimum absolute atomic E-state index is 0.0545. The molecule has 6 heteroatoms. The maximum atomic E-state index is 12.0. The molecule has 0 bridgehead atoms.